The lowest BCUT2D eigenvalue weighted by Crippen LogP contribution is -2.36. The zero-order valence-electron chi connectivity index (χ0n) is 33.9. The summed E-state index contributed by atoms with van der Waals surface area (Å²) in [6.07, 6.45) is 42.7. The van der Waals surface area contributed by atoms with Crippen LogP contribution < -0.4 is 0 Å². The predicted octanol–water partition coefficient (Wildman–Crippen LogP) is 13.4. The zero-order chi connectivity index (χ0) is 37.5. The Kier molecular flexibility index (Phi) is 13.7. The lowest BCUT2D eigenvalue weighted by Gasteiger charge is -2.32. The molecule has 5 rings (SSSR count). The molecule has 3 aliphatic carbocycles. The number of fused-ring (bicyclic) bond motifs is 1. The number of unbranched alkanes of at least 4 members (excludes halogenated alkanes) is 2. The molecule has 3 heteroatoms. The fraction of sp³-hybridized carbons (Fsp3) is 0.531. The first-order valence-corrected chi connectivity index (χ1v) is 20.9. The van der Waals surface area contributed by atoms with E-state index in [1.807, 2.05) is 0 Å². The Labute approximate surface area is 323 Å². The number of likely N-dealkylation sites (tertiary alicyclic amines) is 1. The Morgan fingerprint density at radius 2 is 1.79 bits per heavy atom. The van der Waals surface area contributed by atoms with Crippen LogP contribution in [-0.2, 0) is 0 Å². The standard InChI is InChI=1S/C49H68ClN2/c1-10-12-32-51-33-20-24-40-23-18-15-19-25-43(40)37(4)48(6,7)45(51)30-28-41-26-27-42(47(41)50)29-31-46-49(8,9)38(5)44(52(46)34-13-11-2)35-36(3)39-21-16-14-17-22-39/h14-18,20-21,23-24,28-31,35-36,38-39,43H,4,10-13,19,22,25-27,32-34H2,1-3,5-9H3/q+1. The van der Waals surface area contributed by atoms with Crippen molar-refractivity contribution in [1.82, 2.24) is 4.90 Å². The normalized spacial score (nSPS) is 29.0. The van der Waals surface area contributed by atoms with E-state index in [-0.39, 0.29) is 10.8 Å². The molecular formula is C49H68ClN2+. The molecule has 2 nitrogen and oxygen atoms in total. The molecule has 2 aliphatic heterocycles. The third kappa shape index (κ3) is 8.81. The Bertz CT molecular complexity index is 1670. The fourth-order valence-electron chi connectivity index (χ4n) is 8.82. The summed E-state index contributed by atoms with van der Waals surface area (Å²) >= 11 is 7.29. The van der Waals surface area contributed by atoms with Gasteiger partial charge in [-0.1, -0.05) is 145 Å². The molecule has 0 saturated carbocycles. The van der Waals surface area contributed by atoms with Crippen molar-refractivity contribution < 1.29 is 4.58 Å². The molecule has 1 saturated heterocycles. The number of hydrogen-bond acceptors (Lipinski definition) is 1. The lowest BCUT2D eigenvalue weighted by atomic mass is 9.71. The molecular weight excluding hydrogens is 652 g/mol. The number of nitrogens with zero attached hydrogens (tertiary/aromatic N) is 2. The second-order valence-corrected chi connectivity index (χ2v) is 17.4. The van der Waals surface area contributed by atoms with Gasteiger partial charge in [-0.05, 0) is 93.1 Å². The Morgan fingerprint density at radius 1 is 1.00 bits per heavy atom. The van der Waals surface area contributed by atoms with E-state index in [1.165, 1.54) is 65.1 Å². The molecule has 4 unspecified atom stereocenters. The maximum atomic E-state index is 7.29. The summed E-state index contributed by atoms with van der Waals surface area (Å²) < 4.78 is 2.59. The van der Waals surface area contributed by atoms with Gasteiger partial charge in [0, 0.05) is 52.7 Å². The minimum atomic E-state index is -0.182. The molecule has 0 N–H and O–H groups in total. The van der Waals surface area contributed by atoms with E-state index in [1.54, 1.807) is 0 Å². The van der Waals surface area contributed by atoms with E-state index in [0.29, 0.717) is 23.7 Å². The van der Waals surface area contributed by atoms with Crippen molar-refractivity contribution in [3.63, 3.8) is 0 Å². The molecule has 0 amide bonds. The predicted molar refractivity (Wildman–Crippen MR) is 228 cm³/mol. The molecule has 0 radical (unpaired) electrons. The van der Waals surface area contributed by atoms with Gasteiger partial charge in [0.25, 0.3) is 0 Å². The number of allylic oxidation sites excluding steroid dienone is 20. The highest BCUT2D eigenvalue weighted by Crippen LogP contribution is 2.51. The van der Waals surface area contributed by atoms with Gasteiger partial charge >= 0.3 is 0 Å². The molecule has 0 bridgehead atoms. The fourth-order valence-corrected chi connectivity index (χ4v) is 9.13. The first-order chi connectivity index (χ1) is 24.9. The highest BCUT2D eigenvalue weighted by atomic mass is 35.5. The number of rotatable bonds is 11. The molecule has 4 atom stereocenters. The van der Waals surface area contributed by atoms with Crippen LogP contribution in [0, 0.1) is 34.5 Å². The van der Waals surface area contributed by atoms with E-state index >= 15 is 0 Å². The zero-order valence-corrected chi connectivity index (χ0v) is 34.6. The highest BCUT2D eigenvalue weighted by molar-refractivity contribution is 6.33. The molecule has 280 valence electrons. The van der Waals surface area contributed by atoms with E-state index in [9.17, 15) is 0 Å². The van der Waals surface area contributed by atoms with E-state index in [2.05, 4.69) is 150 Å². The Morgan fingerprint density at radius 3 is 2.52 bits per heavy atom. The summed E-state index contributed by atoms with van der Waals surface area (Å²) in [5, 5.41) is 0.930. The molecule has 0 aromatic carbocycles. The molecule has 0 aromatic heterocycles. The average molecular weight is 721 g/mol. The average Bonchev–Trinajstić information content (AvgIpc) is 3.43. The molecule has 0 spiro atoms. The second-order valence-electron chi connectivity index (χ2n) is 17.0. The van der Waals surface area contributed by atoms with Gasteiger partial charge in [0.1, 0.15) is 6.54 Å². The molecule has 2 heterocycles. The largest absolute Gasteiger partial charge is 0.348 e. The van der Waals surface area contributed by atoms with Crippen molar-refractivity contribution in [2.24, 2.45) is 34.5 Å². The lowest BCUT2D eigenvalue weighted by molar-refractivity contribution is -0.520. The third-order valence-electron chi connectivity index (χ3n) is 12.8. The minimum Gasteiger partial charge on any atom is -0.348 e. The minimum absolute atomic E-state index is 0.0383. The van der Waals surface area contributed by atoms with Crippen molar-refractivity contribution in [1.29, 1.82) is 0 Å². The van der Waals surface area contributed by atoms with Crippen LogP contribution in [0.1, 0.15) is 113 Å². The van der Waals surface area contributed by atoms with Gasteiger partial charge in [0.05, 0.1) is 5.41 Å². The van der Waals surface area contributed by atoms with Gasteiger partial charge < -0.3 is 4.90 Å². The topological polar surface area (TPSA) is 6.25 Å². The Hall–Kier alpha value is -3.10. The quantitative estimate of drug-likeness (QED) is 0.152. The van der Waals surface area contributed by atoms with Crippen LogP contribution in [0.25, 0.3) is 0 Å². The van der Waals surface area contributed by atoms with E-state index < -0.39 is 0 Å². The van der Waals surface area contributed by atoms with Gasteiger partial charge in [-0.2, -0.15) is 0 Å². The molecule has 5 aliphatic rings. The van der Waals surface area contributed by atoms with Gasteiger partial charge in [0.15, 0.2) is 12.3 Å². The van der Waals surface area contributed by atoms with Crippen LogP contribution in [0.4, 0.5) is 0 Å². The SMILES string of the molecule is C=C1C2CCC=CC=C2C=CC[N+](CCCC)=C(C=CC2=C(Cl)C(=CC=C3N(CCCC)C(=CC(C)C4C=CC=CC4)C(C)C3(C)C)CC2)C1(C)C. The molecule has 1 fully saturated rings. The van der Waals surface area contributed by atoms with Gasteiger partial charge in [0.2, 0.25) is 0 Å². The van der Waals surface area contributed by atoms with Crippen LogP contribution in [0.5, 0.6) is 0 Å². The van der Waals surface area contributed by atoms with Crippen LogP contribution >= 0.6 is 11.6 Å². The van der Waals surface area contributed by atoms with Crippen molar-refractivity contribution in [3.8, 4) is 0 Å². The summed E-state index contributed by atoms with van der Waals surface area (Å²) in [4.78, 5) is 2.66. The molecule has 0 aromatic rings. The molecule has 52 heavy (non-hydrogen) atoms. The number of hydrogen-bond donors (Lipinski definition) is 0. The van der Waals surface area contributed by atoms with E-state index in [0.717, 1.165) is 56.8 Å². The van der Waals surface area contributed by atoms with Crippen molar-refractivity contribution in [2.75, 3.05) is 19.6 Å². The first-order valence-electron chi connectivity index (χ1n) is 20.6. The summed E-state index contributed by atoms with van der Waals surface area (Å²) in [5.41, 5.74) is 9.34. The van der Waals surface area contributed by atoms with Gasteiger partial charge in [-0.15, -0.1) is 0 Å². The van der Waals surface area contributed by atoms with Crippen molar-refractivity contribution >= 4 is 17.3 Å². The smallest absolute Gasteiger partial charge is 0.186 e. The summed E-state index contributed by atoms with van der Waals surface area (Å²) in [6.45, 7) is 26.9. The number of halogens is 1. The summed E-state index contributed by atoms with van der Waals surface area (Å²) in [5.74, 6) is 1.86. The Balaban J connectivity index is 1.46. The summed E-state index contributed by atoms with van der Waals surface area (Å²) in [6, 6.07) is 0. The van der Waals surface area contributed by atoms with Crippen molar-refractivity contribution in [2.45, 2.75) is 113 Å². The van der Waals surface area contributed by atoms with E-state index in [4.69, 9.17) is 18.2 Å². The first kappa shape index (κ1) is 40.1. The van der Waals surface area contributed by atoms with Crippen LogP contribution in [0.2, 0.25) is 0 Å². The second kappa shape index (κ2) is 17.8. The highest BCUT2D eigenvalue weighted by Gasteiger charge is 2.44. The monoisotopic (exact) mass is 720 g/mol. The maximum Gasteiger partial charge on any atom is 0.186 e. The van der Waals surface area contributed by atoms with Crippen LogP contribution in [-0.4, -0.2) is 34.8 Å². The third-order valence-corrected chi connectivity index (χ3v) is 13.3. The van der Waals surface area contributed by atoms with Crippen LogP contribution in [0.15, 0.2) is 130 Å². The summed E-state index contributed by atoms with van der Waals surface area (Å²) in [7, 11) is 0. The maximum absolute atomic E-state index is 7.29. The van der Waals surface area contributed by atoms with Crippen molar-refractivity contribution in [3.05, 3.63) is 130 Å². The van der Waals surface area contributed by atoms with Crippen LogP contribution in [0.3, 0.4) is 0 Å². The van der Waals surface area contributed by atoms with Gasteiger partial charge in [-0.3, -0.25) is 0 Å². The van der Waals surface area contributed by atoms with Gasteiger partial charge in [-0.25, -0.2) is 4.58 Å².